The molecule has 21 heavy (non-hydrogen) atoms. The Morgan fingerprint density at radius 3 is 2.43 bits per heavy atom. The number of alkyl halides is 1. The predicted octanol–water partition coefficient (Wildman–Crippen LogP) is 3.33. The molecule has 0 spiro atoms. The van der Waals surface area contributed by atoms with Gasteiger partial charge in [-0.1, -0.05) is 11.6 Å². The summed E-state index contributed by atoms with van der Waals surface area (Å²) < 4.78 is 15.6. The second kappa shape index (κ2) is 7.27. The third-order valence-electron chi connectivity index (χ3n) is 2.55. The van der Waals surface area contributed by atoms with Gasteiger partial charge in [-0.25, -0.2) is 4.79 Å². The molecule has 119 valence electrons. The molecule has 1 atom stereocenters. The molecule has 1 aliphatic rings. The zero-order valence-electron chi connectivity index (χ0n) is 12.8. The van der Waals surface area contributed by atoms with Gasteiger partial charge in [-0.3, -0.25) is 0 Å². The van der Waals surface area contributed by atoms with Crippen LogP contribution in [0.5, 0.6) is 0 Å². The largest absolute Gasteiger partial charge is 0.498 e. The Bertz CT molecular complexity index is 466. The molecule has 0 aliphatic heterocycles. The monoisotopic (exact) mass is 336 g/mol. The minimum Gasteiger partial charge on any atom is -0.498 e. The molecule has 0 aromatic carbocycles. The number of alkyl carbamates (subject to hydrolysis) is 1. The predicted molar refractivity (Wildman–Crippen MR) is 82.1 cm³/mol. The number of rotatable bonds is 4. The molecule has 0 fully saturated rings. The van der Waals surface area contributed by atoms with Crippen LogP contribution in [0.1, 0.15) is 20.8 Å². The molecule has 0 bridgehead atoms. The fraction of sp³-hybridized carbons (Fsp3) is 0.571. The Labute approximate surface area is 135 Å². The summed E-state index contributed by atoms with van der Waals surface area (Å²) in [6.07, 6.45) is 1.19. The average Bonchev–Trinajstić information content (AvgIpc) is 2.34. The molecule has 0 aromatic rings. The van der Waals surface area contributed by atoms with Crippen molar-refractivity contribution in [1.82, 2.24) is 5.32 Å². The maximum Gasteiger partial charge on any atom is 0.407 e. The van der Waals surface area contributed by atoms with Gasteiger partial charge in [0.2, 0.25) is 0 Å². The van der Waals surface area contributed by atoms with Crippen molar-refractivity contribution in [3.8, 4) is 0 Å². The fourth-order valence-electron chi connectivity index (χ4n) is 1.75. The quantitative estimate of drug-likeness (QED) is 0.800. The fourth-order valence-corrected chi connectivity index (χ4v) is 2.54. The number of hydrogen-bond donors (Lipinski definition) is 1. The zero-order valence-corrected chi connectivity index (χ0v) is 14.3. The highest BCUT2D eigenvalue weighted by atomic mass is 35.5. The summed E-state index contributed by atoms with van der Waals surface area (Å²) in [7, 11) is 2.97. The van der Waals surface area contributed by atoms with Gasteiger partial charge < -0.3 is 19.5 Å². The van der Waals surface area contributed by atoms with E-state index in [0.29, 0.717) is 22.1 Å². The number of halogens is 2. The van der Waals surface area contributed by atoms with Crippen LogP contribution in [0, 0.1) is 6.42 Å². The Morgan fingerprint density at radius 2 is 1.95 bits per heavy atom. The van der Waals surface area contributed by atoms with Gasteiger partial charge in [0.15, 0.2) is 0 Å². The molecular formula is C14H20Cl2NO4. The number of nitrogens with one attached hydrogen (secondary N) is 1. The van der Waals surface area contributed by atoms with Crippen molar-refractivity contribution in [2.75, 3.05) is 20.8 Å². The maximum atomic E-state index is 11.7. The first-order valence-electron chi connectivity index (χ1n) is 6.36. The van der Waals surface area contributed by atoms with E-state index < -0.39 is 17.1 Å². The van der Waals surface area contributed by atoms with E-state index in [9.17, 15) is 4.79 Å². The van der Waals surface area contributed by atoms with E-state index in [2.05, 4.69) is 5.32 Å². The van der Waals surface area contributed by atoms with E-state index in [4.69, 9.17) is 37.4 Å². The number of methoxy groups -OCH3 is 2. The second-order valence-electron chi connectivity index (χ2n) is 5.36. The molecule has 1 amide bonds. The van der Waals surface area contributed by atoms with Gasteiger partial charge in [0.1, 0.15) is 22.2 Å². The van der Waals surface area contributed by atoms with E-state index in [1.807, 2.05) is 0 Å². The van der Waals surface area contributed by atoms with Crippen LogP contribution < -0.4 is 5.32 Å². The molecule has 1 radical (unpaired) electrons. The van der Waals surface area contributed by atoms with Crippen LogP contribution in [0.25, 0.3) is 0 Å². The minimum atomic E-state index is -0.561. The Kier molecular flexibility index (Phi) is 6.23. The first-order chi connectivity index (χ1) is 9.69. The molecule has 1 aliphatic carbocycles. The number of carbonyl (C=O) groups excluding carboxylic acids is 1. The topological polar surface area (TPSA) is 56.8 Å². The van der Waals surface area contributed by atoms with Gasteiger partial charge in [-0.15, -0.1) is 11.6 Å². The Hall–Kier alpha value is -1.07. The lowest BCUT2D eigenvalue weighted by molar-refractivity contribution is 0.0532. The number of hydrogen-bond acceptors (Lipinski definition) is 4. The summed E-state index contributed by atoms with van der Waals surface area (Å²) in [4.78, 5) is 11.7. The van der Waals surface area contributed by atoms with Crippen molar-refractivity contribution in [2.45, 2.75) is 31.7 Å². The van der Waals surface area contributed by atoms with Gasteiger partial charge in [-0.2, -0.15) is 0 Å². The van der Waals surface area contributed by atoms with E-state index in [1.54, 1.807) is 27.2 Å². The lowest BCUT2D eigenvalue weighted by Gasteiger charge is -2.25. The van der Waals surface area contributed by atoms with Crippen molar-refractivity contribution in [3.05, 3.63) is 28.5 Å². The zero-order chi connectivity index (χ0) is 16.2. The van der Waals surface area contributed by atoms with Gasteiger partial charge >= 0.3 is 6.09 Å². The third kappa shape index (κ3) is 5.00. The summed E-state index contributed by atoms with van der Waals surface area (Å²) >= 11 is 12.3. The minimum absolute atomic E-state index is 0.189. The molecular weight excluding hydrogens is 317 g/mol. The van der Waals surface area contributed by atoms with E-state index in [-0.39, 0.29) is 6.54 Å². The molecule has 0 saturated carbocycles. The van der Waals surface area contributed by atoms with Gasteiger partial charge in [0.25, 0.3) is 0 Å². The molecule has 5 nitrogen and oxygen atoms in total. The standard InChI is InChI=1S/C14H20Cl2NO4/c1-14(2,3)21-13(18)17-7-8-6-9(15)12(20-5)10(16)11(8)19-4/h6,9H,7H2,1-5H3,(H,17,18). The normalized spacial score (nSPS) is 19.5. The molecule has 0 heterocycles. The number of allylic oxidation sites excluding steroid dienone is 2. The van der Waals surface area contributed by atoms with Gasteiger partial charge in [0, 0.05) is 13.0 Å². The van der Waals surface area contributed by atoms with Crippen LogP contribution >= 0.6 is 23.2 Å². The molecule has 1 rings (SSSR count). The van der Waals surface area contributed by atoms with E-state index >= 15 is 0 Å². The molecule has 1 unspecified atom stereocenters. The Morgan fingerprint density at radius 1 is 1.33 bits per heavy atom. The van der Waals surface area contributed by atoms with Crippen molar-refractivity contribution in [1.29, 1.82) is 0 Å². The second-order valence-corrected chi connectivity index (χ2v) is 6.21. The highest BCUT2D eigenvalue weighted by Gasteiger charge is 2.30. The third-order valence-corrected chi connectivity index (χ3v) is 3.23. The van der Waals surface area contributed by atoms with Gasteiger partial charge in [-0.05, 0) is 26.3 Å². The lowest BCUT2D eigenvalue weighted by Crippen LogP contribution is -2.34. The highest BCUT2D eigenvalue weighted by Crippen LogP contribution is 2.35. The molecule has 0 aromatic heterocycles. The highest BCUT2D eigenvalue weighted by molar-refractivity contribution is 6.34. The summed E-state index contributed by atoms with van der Waals surface area (Å²) in [5.74, 6) is 0.831. The van der Waals surface area contributed by atoms with Crippen molar-refractivity contribution in [3.63, 3.8) is 0 Å². The average molecular weight is 337 g/mol. The summed E-state index contributed by atoms with van der Waals surface area (Å²) in [6.45, 7) is 5.56. The van der Waals surface area contributed by atoms with Crippen LogP contribution in [-0.4, -0.2) is 37.8 Å². The molecule has 1 N–H and O–H groups in total. The van der Waals surface area contributed by atoms with Crippen LogP contribution in [0.2, 0.25) is 0 Å². The van der Waals surface area contributed by atoms with Crippen LogP contribution in [0.15, 0.2) is 22.1 Å². The van der Waals surface area contributed by atoms with Crippen LogP contribution in [-0.2, 0) is 14.2 Å². The molecule has 7 heteroatoms. The number of carbonyl (C=O) groups is 1. The van der Waals surface area contributed by atoms with Crippen LogP contribution in [0.4, 0.5) is 4.79 Å². The Balaban J connectivity index is 2.81. The SMILES string of the molecule is COC1=C(CNC(=O)OC(C)(C)C)[CH]C(Cl)C(OC)=C1Cl. The van der Waals surface area contributed by atoms with E-state index in [0.717, 1.165) is 0 Å². The maximum absolute atomic E-state index is 11.7. The molecule has 0 saturated heterocycles. The lowest BCUT2D eigenvalue weighted by atomic mass is 10.0. The van der Waals surface area contributed by atoms with Gasteiger partial charge in [0.05, 0.1) is 19.6 Å². The van der Waals surface area contributed by atoms with Crippen molar-refractivity contribution < 1.29 is 19.0 Å². The smallest absolute Gasteiger partial charge is 0.407 e. The van der Waals surface area contributed by atoms with Crippen molar-refractivity contribution in [2.24, 2.45) is 0 Å². The van der Waals surface area contributed by atoms with Crippen LogP contribution in [0.3, 0.4) is 0 Å². The number of amides is 1. The summed E-state index contributed by atoms with van der Waals surface area (Å²) in [6, 6.07) is 0. The summed E-state index contributed by atoms with van der Waals surface area (Å²) in [5.41, 5.74) is 0.100. The van der Waals surface area contributed by atoms with E-state index in [1.165, 1.54) is 14.2 Å². The number of ether oxygens (including phenoxy) is 3. The first-order valence-corrected chi connectivity index (χ1v) is 7.18. The first kappa shape index (κ1) is 18.0. The van der Waals surface area contributed by atoms with Crippen molar-refractivity contribution >= 4 is 29.3 Å². The summed E-state index contributed by atoms with van der Waals surface area (Å²) in [5, 5.41) is 2.41.